The van der Waals surface area contributed by atoms with Gasteiger partial charge in [-0.1, -0.05) is 20.8 Å². The molecule has 168 valence electrons. The third-order valence-electron chi connectivity index (χ3n) is 5.58. The zero-order valence-corrected chi connectivity index (χ0v) is 18.5. The molecule has 9 nitrogen and oxygen atoms in total. The Hall–Kier alpha value is -2.39. The second kappa shape index (κ2) is 11.1. The highest BCUT2D eigenvalue weighted by atomic mass is 16.7. The Morgan fingerprint density at radius 2 is 1.93 bits per heavy atom. The van der Waals surface area contributed by atoms with Crippen molar-refractivity contribution in [3.63, 3.8) is 0 Å². The first-order valence-electron chi connectivity index (χ1n) is 10.3. The zero-order chi connectivity index (χ0) is 22.3. The molecule has 0 bridgehead atoms. The number of nitrogens with zero attached hydrogens (tertiary/aromatic N) is 2. The van der Waals surface area contributed by atoms with E-state index < -0.39 is 10.8 Å². The molecule has 0 aliphatic carbocycles. The number of hydrogen-bond acceptors (Lipinski definition) is 7. The van der Waals surface area contributed by atoms with Crippen molar-refractivity contribution in [2.24, 2.45) is 11.8 Å². The maximum Gasteiger partial charge on any atom is 0.286 e. The lowest BCUT2D eigenvalue weighted by Gasteiger charge is -2.38. The third kappa shape index (κ3) is 6.06. The van der Waals surface area contributed by atoms with Gasteiger partial charge in [0.25, 0.3) is 11.6 Å². The number of likely N-dealkylation sites (tertiary alicyclic amines) is 1. The van der Waals surface area contributed by atoms with Crippen molar-refractivity contribution in [2.75, 3.05) is 40.6 Å². The lowest BCUT2D eigenvalue weighted by molar-refractivity contribution is -0.385. The van der Waals surface area contributed by atoms with Crippen molar-refractivity contribution in [3.05, 3.63) is 27.8 Å². The fourth-order valence-corrected chi connectivity index (χ4v) is 3.72. The first-order chi connectivity index (χ1) is 14.3. The topological polar surface area (TPSA) is 103 Å². The number of nitrogens with one attached hydrogen (secondary N) is 1. The fourth-order valence-electron chi connectivity index (χ4n) is 3.72. The number of nitro benzene ring substituents is 1. The number of ether oxygens (including phenoxy) is 3. The number of benzene rings is 1. The van der Waals surface area contributed by atoms with Crippen molar-refractivity contribution < 1.29 is 23.9 Å². The van der Waals surface area contributed by atoms with Crippen LogP contribution < -0.4 is 14.8 Å². The third-order valence-corrected chi connectivity index (χ3v) is 5.58. The van der Waals surface area contributed by atoms with Crippen LogP contribution >= 0.6 is 0 Å². The molecule has 1 atom stereocenters. The zero-order valence-electron chi connectivity index (χ0n) is 18.5. The van der Waals surface area contributed by atoms with E-state index in [-0.39, 0.29) is 35.6 Å². The smallest absolute Gasteiger partial charge is 0.286 e. The Kier molecular flexibility index (Phi) is 8.86. The molecule has 0 saturated carbocycles. The normalized spacial score (nSPS) is 16.3. The first kappa shape index (κ1) is 23.9. The van der Waals surface area contributed by atoms with Crippen LogP contribution in [0.4, 0.5) is 5.69 Å². The average molecular weight is 424 g/mol. The van der Waals surface area contributed by atoms with Gasteiger partial charge in [-0.05, 0) is 37.8 Å². The van der Waals surface area contributed by atoms with Gasteiger partial charge < -0.3 is 19.5 Å². The number of carbonyl (C=O) groups is 1. The Balaban J connectivity index is 2.18. The summed E-state index contributed by atoms with van der Waals surface area (Å²) in [5, 5.41) is 14.5. The van der Waals surface area contributed by atoms with E-state index in [0.29, 0.717) is 12.5 Å². The average Bonchev–Trinajstić information content (AvgIpc) is 2.72. The lowest BCUT2D eigenvalue weighted by atomic mass is 9.94. The molecule has 30 heavy (non-hydrogen) atoms. The van der Waals surface area contributed by atoms with Gasteiger partial charge in [-0.3, -0.25) is 19.8 Å². The summed E-state index contributed by atoms with van der Waals surface area (Å²) in [6, 6.07) is 2.70. The SMILES string of the molecule is COCOc1cc([N+](=O)[O-])c(C(=O)NCC(C(C)C)N2CCC(C)CC2)cc1OC. The van der Waals surface area contributed by atoms with Gasteiger partial charge >= 0.3 is 0 Å². The second-order valence-corrected chi connectivity index (χ2v) is 8.07. The van der Waals surface area contributed by atoms with Gasteiger partial charge in [0.05, 0.1) is 18.1 Å². The van der Waals surface area contributed by atoms with Gasteiger partial charge in [0.15, 0.2) is 18.3 Å². The molecule has 1 amide bonds. The molecule has 1 fully saturated rings. The highest BCUT2D eigenvalue weighted by molar-refractivity contribution is 5.99. The molecule has 1 unspecified atom stereocenters. The Morgan fingerprint density at radius 3 is 2.47 bits per heavy atom. The molecular formula is C21H33N3O6. The summed E-state index contributed by atoms with van der Waals surface area (Å²) >= 11 is 0. The molecule has 0 spiro atoms. The minimum absolute atomic E-state index is 0.0589. The van der Waals surface area contributed by atoms with Crippen LogP contribution in [0.15, 0.2) is 12.1 Å². The van der Waals surface area contributed by atoms with Crippen LogP contribution in [-0.2, 0) is 4.74 Å². The van der Waals surface area contributed by atoms with E-state index in [2.05, 4.69) is 31.0 Å². The van der Waals surface area contributed by atoms with Crippen molar-refractivity contribution in [2.45, 2.75) is 39.7 Å². The number of rotatable bonds is 10. The van der Waals surface area contributed by atoms with Gasteiger partial charge in [-0.25, -0.2) is 0 Å². The summed E-state index contributed by atoms with van der Waals surface area (Å²) in [6.45, 7) is 8.84. The number of hydrogen-bond donors (Lipinski definition) is 1. The standard InChI is InChI=1S/C21H33N3O6/c1-14(2)18(23-8-6-15(3)7-9-23)12-22-21(25)16-10-19(29-5)20(30-13-28-4)11-17(16)24(26)27/h10-11,14-15,18H,6-9,12-13H2,1-5H3,(H,22,25). The molecule has 2 rings (SSSR count). The molecule has 9 heteroatoms. The molecule has 1 aromatic carbocycles. The first-order valence-corrected chi connectivity index (χ1v) is 10.3. The summed E-state index contributed by atoms with van der Waals surface area (Å²) in [5.41, 5.74) is -0.399. The summed E-state index contributed by atoms with van der Waals surface area (Å²) < 4.78 is 15.4. The second-order valence-electron chi connectivity index (χ2n) is 8.07. The van der Waals surface area contributed by atoms with Crippen LogP contribution in [-0.4, -0.2) is 62.4 Å². The molecule has 1 saturated heterocycles. The number of carbonyl (C=O) groups excluding carboxylic acids is 1. The van der Waals surface area contributed by atoms with Crippen LogP contribution in [0.1, 0.15) is 44.0 Å². The van der Waals surface area contributed by atoms with E-state index in [9.17, 15) is 14.9 Å². The van der Waals surface area contributed by atoms with Crippen molar-refractivity contribution in [1.82, 2.24) is 10.2 Å². The molecule has 1 heterocycles. The monoisotopic (exact) mass is 423 g/mol. The number of amides is 1. The Bertz CT molecular complexity index is 732. The molecule has 1 aliphatic heterocycles. The number of nitro groups is 1. The maximum absolute atomic E-state index is 12.9. The van der Waals surface area contributed by atoms with Crippen LogP contribution in [0.2, 0.25) is 0 Å². The van der Waals surface area contributed by atoms with E-state index in [1.165, 1.54) is 26.4 Å². The van der Waals surface area contributed by atoms with Gasteiger partial charge in [0.2, 0.25) is 0 Å². The van der Waals surface area contributed by atoms with E-state index >= 15 is 0 Å². The van der Waals surface area contributed by atoms with Crippen molar-refractivity contribution in [1.29, 1.82) is 0 Å². The van der Waals surface area contributed by atoms with Crippen LogP contribution in [0.5, 0.6) is 11.5 Å². The molecule has 0 aromatic heterocycles. The van der Waals surface area contributed by atoms with Crippen molar-refractivity contribution >= 4 is 11.6 Å². The van der Waals surface area contributed by atoms with Crippen molar-refractivity contribution in [3.8, 4) is 11.5 Å². The van der Waals surface area contributed by atoms with Gasteiger partial charge in [0.1, 0.15) is 5.56 Å². The molecule has 1 N–H and O–H groups in total. The van der Waals surface area contributed by atoms with E-state index in [1.807, 2.05) is 0 Å². The predicted molar refractivity (Wildman–Crippen MR) is 113 cm³/mol. The Morgan fingerprint density at radius 1 is 1.27 bits per heavy atom. The lowest BCUT2D eigenvalue weighted by Crippen LogP contribution is -2.49. The summed E-state index contributed by atoms with van der Waals surface area (Å²) in [6.07, 6.45) is 2.28. The van der Waals surface area contributed by atoms with Gasteiger partial charge in [-0.2, -0.15) is 0 Å². The molecular weight excluding hydrogens is 390 g/mol. The number of piperidine rings is 1. The largest absolute Gasteiger partial charge is 0.493 e. The van der Waals surface area contributed by atoms with E-state index in [4.69, 9.17) is 14.2 Å². The van der Waals surface area contributed by atoms with Crippen LogP contribution in [0, 0.1) is 22.0 Å². The van der Waals surface area contributed by atoms with Gasteiger partial charge in [0, 0.05) is 25.8 Å². The van der Waals surface area contributed by atoms with Gasteiger partial charge in [-0.15, -0.1) is 0 Å². The minimum atomic E-state index is -0.597. The maximum atomic E-state index is 12.9. The molecule has 1 aromatic rings. The highest BCUT2D eigenvalue weighted by Crippen LogP contribution is 2.35. The van der Waals surface area contributed by atoms with Crippen LogP contribution in [0.3, 0.4) is 0 Å². The summed E-state index contributed by atoms with van der Waals surface area (Å²) in [4.78, 5) is 26.2. The Labute approximate surface area is 177 Å². The number of methoxy groups -OCH3 is 2. The fraction of sp³-hybridized carbons (Fsp3) is 0.667. The predicted octanol–water partition coefficient (Wildman–Crippen LogP) is 3.07. The molecule has 1 aliphatic rings. The van der Waals surface area contributed by atoms with Crippen LogP contribution in [0.25, 0.3) is 0 Å². The summed E-state index contributed by atoms with van der Waals surface area (Å²) in [5.74, 6) is 0.929. The van der Waals surface area contributed by atoms with E-state index in [0.717, 1.165) is 31.8 Å². The summed E-state index contributed by atoms with van der Waals surface area (Å²) in [7, 11) is 2.85. The molecule has 0 radical (unpaired) electrons. The van der Waals surface area contributed by atoms with E-state index in [1.54, 1.807) is 0 Å². The quantitative estimate of drug-likeness (QED) is 0.350. The minimum Gasteiger partial charge on any atom is -0.493 e. The highest BCUT2D eigenvalue weighted by Gasteiger charge is 2.28.